The van der Waals surface area contributed by atoms with Crippen LogP contribution in [-0.2, 0) is 23.8 Å². The number of hydrogen-bond acceptors (Lipinski definition) is 5. The number of hydrogen-bond donors (Lipinski definition) is 0. The van der Waals surface area contributed by atoms with Crippen molar-refractivity contribution in [3.05, 3.63) is 23.7 Å². The van der Waals surface area contributed by atoms with Gasteiger partial charge < -0.3 is 14.2 Å². The van der Waals surface area contributed by atoms with Crippen LogP contribution in [0.15, 0.2) is 23.7 Å². The Morgan fingerprint density at radius 3 is 2.10 bits per heavy atom. The molecule has 0 unspecified atom stereocenters. The van der Waals surface area contributed by atoms with Gasteiger partial charge in [-0.15, -0.1) is 0 Å². The van der Waals surface area contributed by atoms with Crippen LogP contribution in [0.2, 0.25) is 0 Å². The van der Waals surface area contributed by atoms with Crippen molar-refractivity contribution in [2.45, 2.75) is 32.6 Å². The molecule has 0 amide bonds. The maximum Gasteiger partial charge on any atom is 0.327 e. The van der Waals surface area contributed by atoms with Crippen molar-refractivity contribution in [3.8, 4) is 0 Å². The highest BCUT2D eigenvalue weighted by Crippen LogP contribution is 2.45. The number of allylic oxidation sites excluding steroid dienone is 2. The lowest BCUT2D eigenvalue weighted by Crippen LogP contribution is -2.39. The maximum absolute atomic E-state index is 12.4. The number of carbonyl (C=O) groups excluding carboxylic acids is 2. The molecule has 0 radical (unpaired) electrons. The Morgan fingerprint density at radius 1 is 1.15 bits per heavy atom. The Morgan fingerprint density at radius 2 is 1.70 bits per heavy atom. The Kier molecular flexibility index (Phi) is 5.80. The van der Waals surface area contributed by atoms with E-state index in [4.69, 9.17) is 14.2 Å². The van der Waals surface area contributed by atoms with Gasteiger partial charge in [-0.25, -0.2) is 0 Å². The third-order valence-corrected chi connectivity index (χ3v) is 3.59. The van der Waals surface area contributed by atoms with Crippen molar-refractivity contribution >= 4 is 11.8 Å². The zero-order valence-electron chi connectivity index (χ0n) is 12.5. The number of rotatable bonds is 7. The number of esters is 1. The average molecular weight is 282 g/mol. The molecule has 1 aliphatic carbocycles. The van der Waals surface area contributed by atoms with Crippen LogP contribution in [0.4, 0.5) is 0 Å². The molecule has 0 aromatic rings. The first kappa shape index (κ1) is 16.3. The normalized spacial score (nSPS) is 16.8. The summed E-state index contributed by atoms with van der Waals surface area (Å²) in [7, 11) is 4.33. The van der Waals surface area contributed by atoms with E-state index in [9.17, 15) is 9.59 Å². The Bertz CT molecular complexity index is 414. The van der Waals surface area contributed by atoms with Gasteiger partial charge in [0.25, 0.3) is 0 Å². The zero-order valence-corrected chi connectivity index (χ0v) is 12.5. The number of ketones is 1. The minimum Gasteiger partial charge on any atom is -0.500 e. The lowest BCUT2D eigenvalue weighted by molar-refractivity contribution is -0.153. The number of Topliss-reactive ketones (excluding diaryl/α,β-unsaturated/α-hetero) is 1. The van der Waals surface area contributed by atoms with Crippen LogP contribution in [0.1, 0.15) is 32.6 Å². The molecule has 0 aromatic carbocycles. The van der Waals surface area contributed by atoms with Crippen molar-refractivity contribution in [1.29, 1.82) is 0 Å². The number of carbonyl (C=O) groups is 2. The van der Waals surface area contributed by atoms with Gasteiger partial charge in [-0.2, -0.15) is 0 Å². The predicted molar refractivity (Wildman–Crippen MR) is 73.8 cm³/mol. The monoisotopic (exact) mass is 282 g/mol. The van der Waals surface area contributed by atoms with Gasteiger partial charge in [-0.3, -0.25) is 9.59 Å². The molecule has 1 rings (SSSR count). The van der Waals surface area contributed by atoms with Gasteiger partial charge in [0.2, 0.25) is 0 Å². The fourth-order valence-electron chi connectivity index (χ4n) is 2.49. The van der Waals surface area contributed by atoms with Crippen LogP contribution in [0.3, 0.4) is 0 Å². The maximum atomic E-state index is 12.4. The third-order valence-electron chi connectivity index (χ3n) is 3.59. The van der Waals surface area contributed by atoms with Crippen molar-refractivity contribution in [2.24, 2.45) is 5.41 Å². The molecule has 0 aliphatic heterocycles. The van der Waals surface area contributed by atoms with Gasteiger partial charge in [-0.1, -0.05) is 6.92 Å². The summed E-state index contributed by atoms with van der Waals surface area (Å²) in [4.78, 5) is 24.0. The van der Waals surface area contributed by atoms with Crippen LogP contribution in [-0.4, -0.2) is 33.1 Å². The second-order valence-corrected chi connectivity index (χ2v) is 4.57. The summed E-state index contributed by atoms with van der Waals surface area (Å²) in [5.41, 5.74) is -1.15. The summed E-state index contributed by atoms with van der Waals surface area (Å²) in [6, 6.07) is 0. The quantitative estimate of drug-likeness (QED) is 0.671. The van der Waals surface area contributed by atoms with E-state index in [0.717, 1.165) is 0 Å². The lowest BCUT2D eigenvalue weighted by atomic mass is 9.75. The van der Waals surface area contributed by atoms with E-state index in [1.807, 2.05) is 12.2 Å². The standard InChI is InChI=1S/C15H22O5/c1-5-11(16)9-10-15(14(17)20-4)12(18-2)7-6-8-13(15)19-3/h7-8H,5-6,9-10H2,1-4H3. The average Bonchev–Trinajstić information content (AvgIpc) is 2.50. The second kappa shape index (κ2) is 7.12. The highest BCUT2D eigenvalue weighted by molar-refractivity contribution is 5.85. The smallest absolute Gasteiger partial charge is 0.327 e. The van der Waals surface area contributed by atoms with Gasteiger partial charge >= 0.3 is 5.97 Å². The van der Waals surface area contributed by atoms with Crippen molar-refractivity contribution < 1.29 is 23.8 Å². The molecular formula is C15H22O5. The zero-order chi connectivity index (χ0) is 15.2. The predicted octanol–water partition coefficient (Wildman–Crippen LogP) is 2.37. The summed E-state index contributed by atoms with van der Waals surface area (Å²) in [6.45, 7) is 1.80. The molecule has 0 atom stereocenters. The Hall–Kier alpha value is -1.78. The molecular weight excluding hydrogens is 260 g/mol. The molecule has 20 heavy (non-hydrogen) atoms. The minimum atomic E-state index is -1.15. The molecule has 5 nitrogen and oxygen atoms in total. The third kappa shape index (κ3) is 2.86. The van der Waals surface area contributed by atoms with E-state index in [0.29, 0.717) is 24.4 Å². The van der Waals surface area contributed by atoms with Gasteiger partial charge in [0.15, 0.2) is 5.41 Å². The number of ether oxygens (including phenoxy) is 3. The molecule has 0 saturated heterocycles. The van der Waals surface area contributed by atoms with Crippen LogP contribution in [0.5, 0.6) is 0 Å². The minimum absolute atomic E-state index is 0.0877. The molecule has 0 fully saturated rings. The summed E-state index contributed by atoms with van der Waals surface area (Å²) >= 11 is 0. The van der Waals surface area contributed by atoms with Crippen LogP contribution in [0.25, 0.3) is 0 Å². The van der Waals surface area contributed by atoms with E-state index in [1.54, 1.807) is 6.92 Å². The Balaban J connectivity index is 3.20. The van der Waals surface area contributed by atoms with Crippen LogP contribution >= 0.6 is 0 Å². The first-order valence-corrected chi connectivity index (χ1v) is 6.66. The lowest BCUT2D eigenvalue weighted by Gasteiger charge is -2.35. The topological polar surface area (TPSA) is 61.8 Å². The van der Waals surface area contributed by atoms with Crippen molar-refractivity contribution in [1.82, 2.24) is 0 Å². The molecule has 112 valence electrons. The SMILES string of the molecule is CCC(=O)CCC1(C(=O)OC)C(OC)=CCC=C1OC. The fraction of sp³-hybridized carbons (Fsp3) is 0.600. The summed E-state index contributed by atoms with van der Waals surface area (Å²) in [6.07, 6.45) is 5.24. The molecule has 0 N–H and O–H groups in total. The van der Waals surface area contributed by atoms with E-state index in [-0.39, 0.29) is 18.6 Å². The Labute approximate surface area is 119 Å². The first-order chi connectivity index (χ1) is 9.56. The summed E-state index contributed by atoms with van der Waals surface area (Å²) in [5.74, 6) is 0.576. The van der Waals surface area contributed by atoms with E-state index in [1.165, 1.54) is 21.3 Å². The molecule has 0 aromatic heterocycles. The van der Waals surface area contributed by atoms with Gasteiger partial charge in [0, 0.05) is 12.8 Å². The van der Waals surface area contributed by atoms with Crippen LogP contribution in [0, 0.1) is 5.41 Å². The van der Waals surface area contributed by atoms with Gasteiger partial charge in [0.05, 0.1) is 21.3 Å². The second-order valence-electron chi connectivity index (χ2n) is 4.57. The molecule has 1 aliphatic rings. The van der Waals surface area contributed by atoms with Gasteiger partial charge in [-0.05, 0) is 25.0 Å². The molecule has 0 spiro atoms. The molecule has 0 saturated carbocycles. The number of methoxy groups -OCH3 is 3. The summed E-state index contributed by atoms with van der Waals surface area (Å²) < 4.78 is 15.6. The largest absolute Gasteiger partial charge is 0.500 e. The van der Waals surface area contributed by atoms with Gasteiger partial charge in [0.1, 0.15) is 17.3 Å². The van der Waals surface area contributed by atoms with Crippen molar-refractivity contribution in [2.75, 3.05) is 21.3 Å². The highest BCUT2D eigenvalue weighted by Gasteiger charge is 2.50. The molecule has 5 heteroatoms. The van der Waals surface area contributed by atoms with Crippen molar-refractivity contribution in [3.63, 3.8) is 0 Å². The van der Waals surface area contributed by atoms with E-state index < -0.39 is 11.4 Å². The highest BCUT2D eigenvalue weighted by atomic mass is 16.5. The van der Waals surface area contributed by atoms with E-state index >= 15 is 0 Å². The molecule has 0 bridgehead atoms. The van der Waals surface area contributed by atoms with E-state index in [2.05, 4.69) is 0 Å². The molecule has 0 heterocycles. The first-order valence-electron chi connectivity index (χ1n) is 6.66. The summed E-state index contributed by atoms with van der Waals surface area (Å²) in [5, 5.41) is 0. The van der Waals surface area contributed by atoms with Crippen LogP contribution < -0.4 is 0 Å². The fourth-order valence-corrected chi connectivity index (χ4v) is 2.49.